The number of nitrogens with one attached hydrogen (secondary N) is 1. The zero-order chi connectivity index (χ0) is 14.2. The van der Waals surface area contributed by atoms with Crippen LogP contribution >= 0.6 is 15.9 Å². The molecule has 3 heteroatoms. The molecule has 1 amide bonds. The minimum absolute atomic E-state index is 0.231. The molecule has 110 valence electrons. The summed E-state index contributed by atoms with van der Waals surface area (Å²) in [6.07, 6.45) is 7.34. The second-order valence-corrected chi connectivity index (χ2v) is 6.47. The smallest absolute Gasteiger partial charge is 0.220 e. The normalized spacial score (nSPS) is 22.4. The van der Waals surface area contributed by atoms with Crippen molar-refractivity contribution in [3.8, 4) is 0 Å². The summed E-state index contributed by atoms with van der Waals surface area (Å²) in [6, 6.07) is 11.2. The molecule has 1 saturated carbocycles. The van der Waals surface area contributed by atoms with Gasteiger partial charge >= 0.3 is 0 Å². The average Bonchev–Trinajstić information content (AvgIpc) is 2.49. The van der Waals surface area contributed by atoms with Gasteiger partial charge in [0, 0.05) is 17.8 Å². The van der Waals surface area contributed by atoms with Crippen molar-refractivity contribution in [3.05, 3.63) is 35.9 Å². The Morgan fingerprint density at radius 1 is 1.10 bits per heavy atom. The van der Waals surface area contributed by atoms with Crippen molar-refractivity contribution < 1.29 is 4.79 Å². The Morgan fingerprint density at radius 3 is 2.45 bits per heavy atom. The van der Waals surface area contributed by atoms with Crippen molar-refractivity contribution in [1.82, 2.24) is 5.32 Å². The van der Waals surface area contributed by atoms with E-state index < -0.39 is 0 Å². The second kappa shape index (κ2) is 8.46. The summed E-state index contributed by atoms with van der Waals surface area (Å²) in [4.78, 5) is 11.8. The lowest BCUT2D eigenvalue weighted by Crippen LogP contribution is -2.37. The number of unbranched alkanes of at least 4 members (excludes halogenated alkanes) is 1. The Balaban J connectivity index is 1.70. The summed E-state index contributed by atoms with van der Waals surface area (Å²) in [5.74, 6) is 0.909. The molecule has 0 saturated heterocycles. The van der Waals surface area contributed by atoms with E-state index in [0.717, 1.165) is 31.0 Å². The van der Waals surface area contributed by atoms with E-state index in [-0.39, 0.29) is 5.91 Å². The number of amides is 1. The van der Waals surface area contributed by atoms with Gasteiger partial charge in [0.05, 0.1) is 0 Å². The number of hydrogen-bond donors (Lipinski definition) is 1. The highest BCUT2D eigenvalue weighted by Gasteiger charge is 2.23. The molecule has 0 aromatic heterocycles. The summed E-state index contributed by atoms with van der Waals surface area (Å²) in [7, 11) is 0. The first-order valence-electron chi connectivity index (χ1n) is 7.70. The van der Waals surface area contributed by atoms with Gasteiger partial charge in [0.2, 0.25) is 5.91 Å². The van der Waals surface area contributed by atoms with E-state index in [0.29, 0.717) is 18.4 Å². The molecule has 0 spiro atoms. The minimum atomic E-state index is 0.231. The highest BCUT2D eigenvalue weighted by atomic mass is 79.9. The van der Waals surface area contributed by atoms with E-state index in [2.05, 4.69) is 51.6 Å². The summed E-state index contributed by atoms with van der Waals surface area (Å²) < 4.78 is 0. The van der Waals surface area contributed by atoms with Crippen molar-refractivity contribution >= 4 is 21.8 Å². The van der Waals surface area contributed by atoms with Crippen LogP contribution in [0.5, 0.6) is 0 Å². The third-order valence-electron chi connectivity index (χ3n) is 4.15. The molecule has 0 aliphatic heterocycles. The summed E-state index contributed by atoms with van der Waals surface area (Å²) in [6.45, 7) is 0. The Labute approximate surface area is 130 Å². The fourth-order valence-corrected chi connectivity index (χ4v) is 3.37. The summed E-state index contributed by atoms with van der Waals surface area (Å²) in [5, 5.41) is 4.18. The van der Waals surface area contributed by atoms with Gasteiger partial charge in [-0.2, -0.15) is 0 Å². The molecule has 1 aromatic rings. The SMILES string of the molecule is O=C(CCCCBr)NC1CCC(c2ccccc2)CC1. The number of alkyl halides is 1. The third-order valence-corrected chi connectivity index (χ3v) is 4.71. The molecule has 0 radical (unpaired) electrons. The first-order chi connectivity index (χ1) is 9.79. The van der Waals surface area contributed by atoms with Gasteiger partial charge in [-0.05, 0) is 50.0 Å². The van der Waals surface area contributed by atoms with Crippen LogP contribution in [0.4, 0.5) is 0 Å². The quantitative estimate of drug-likeness (QED) is 0.605. The molecule has 0 unspecified atom stereocenters. The predicted molar refractivity (Wildman–Crippen MR) is 87.2 cm³/mol. The largest absolute Gasteiger partial charge is 0.353 e. The standard InChI is InChI=1S/C17H24BrNO/c18-13-5-4-8-17(20)19-16-11-9-15(10-12-16)14-6-2-1-3-7-14/h1-3,6-7,15-16H,4-5,8-13H2,(H,19,20). The van der Waals surface area contributed by atoms with Gasteiger partial charge in [-0.15, -0.1) is 0 Å². The van der Waals surface area contributed by atoms with Crippen LogP contribution in [0.1, 0.15) is 56.4 Å². The van der Waals surface area contributed by atoms with E-state index in [1.807, 2.05) is 0 Å². The van der Waals surface area contributed by atoms with Crippen molar-refractivity contribution in [2.24, 2.45) is 0 Å². The molecular weight excluding hydrogens is 314 g/mol. The Morgan fingerprint density at radius 2 is 1.80 bits per heavy atom. The Hall–Kier alpha value is -0.830. The number of rotatable bonds is 6. The number of carbonyl (C=O) groups is 1. The second-order valence-electron chi connectivity index (χ2n) is 5.67. The first-order valence-corrected chi connectivity index (χ1v) is 8.82. The minimum Gasteiger partial charge on any atom is -0.353 e. The van der Waals surface area contributed by atoms with Gasteiger partial charge in [-0.3, -0.25) is 4.79 Å². The van der Waals surface area contributed by atoms with Crippen LogP contribution in [0, 0.1) is 0 Å². The van der Waals surface area contributed by atoms with Crippen LogP contribution in [0.25, 0.3) is 0 Å². The van der Waals surface area contributed by atoms with E-state index in [9.17, 15) is 4.79 Å². The molecular formula is C17H24BrNO. The lowest BCUT2D eigenvalue weighted by Gasteiger charge is -2.29. The molecule has 1 N–H and O–H groups in total. The average molecular weight is 338 g/mol. The number of benzene rings is 1. The molecule has 1 aliphatic rings. The van der Waals surface area contributed by atoms with Crippen LogP contribution in [-0.4, -0.2) is 17.3 Å². The molecule has 1 fully saturated rings. The highest BCUT2D eigenvalue weighted by molar-refractivity contribution is 9.09. The highest BCUT2D eigenvalue weighted by Crippen LogP contribution is 2.32. The third kappa shape index (κ3) is 4.93. The Bertz CT molecular complexity index is 399. The molecule has 0 heterocycles. The first kappa shape index (κ1) is 15.6. The summed E-state index contributed by atoms with van der Waals surface area (Å²) >= 11 is 3.40. The number of carbonyl (C=O) groups excluding carboxylic acids is 1. The Kier molecular flexibility index (Phi) is 6.58. The zero-order valence-electron chi connectivity index (χ0n) is 12.0. The maximum absolute atomic E-state index is 11.8. The molecule has 1 aliphatic carbocycles. The van der Waals surface area contributed by atoms with Crippen molar-refractivity contribution in [2.75, 3.05) is 5.33 Å². The van der Waals surface area contributed by atoms with E-state index in [4.69, 9.17) is 0 Å². The lowest BCUT2D eigenvalue weighted by molar-refractivity contribution is -0.122. The van der Waals surface area contributed by atoms with Gasteiger partial charge in [0.1, 0.15) is 0 Å². The maximum atomic E-state index is 11.8. The van der Waals surface area contributed by atoms with Crippen molar-refractivity contribution in [1.29, 1.82) is 0 Å². The fraction of sp³-hybridized carbons (Fsp3) is 0.588. The molecule has 20 heavy (non-hydrogen) atoms. The molecule has 1 aromatic carbocycles. The maximum Gasteiger partial charge on any atom is 0.220 e. The monoisotopic (exact) mass is 337 g/mol. The van der Waals surface area contributed by atoms with Crippen LogP contribution in [0.15, 0.2) is 30.3 Å². The zero-order valence-corrected chi connectivity index (χ0v) is 13.6. The van der Waals surface area contributed by atoms with Crippen molar-refractivity contribution in [3.63, 3.8) is 0 Å². The van der Waals surface area contributed by atoms with E-state index >= 15 is 0 Å². The molecule has 0 atom stereocenters. The number of hydrogen-bond acceptors (Lipinski definition) is 1. The van der Waals surface area contributed by atoms with Crippen LogP contribution < -0.4 is 5.32 Å². The van der Waals surface area contributed by atoms with Crippen LogP contribution in [0.2, 0.25) is 0 Å². The molecule has 2 nitrogen and oxygen atoms in total. The van der Waals surface area contributed by atoms with Gasteiger partial charge in [-0.25, -0.2) is 0 Å². The molecule has 2 rings (SSSR count). The van der Waals surface area contributed by atoms with Gasteiger partial charge < -0.3 is 5.32 Å². The van der Waals surface area contributed by atoms with Crippen LogP contribution in [-0.2, 0) is 4.79 Å². The lowest BCUT2D eigenvalue weighted by atomic mass is 9.82. The van der Waals surface area contributed by atoms with Gasteiger partial charge in [0.25, 0.3) is 0 Å². The van der Waals surface area contributed by atoms with E-state index in [1.165, 1.54) is 18.4 Å². The summed E-state index contributed by atoms with van der Waals surface area (Å²) in [5.41, 5.74) is 1.45. The fourth-order valence-electron chi connectivity index (χ4n) is 2.98. The van der Waals surface area contributed by atoms with Crippen LogP contribution in [0.3, 0.4) is 0 Å². The number of halogens is 1. The molecule has 0 bridgehead atoms. The predicted octanol–water partition coefficient (Wildman–Crippen LogP) is 4.39. The topological polar surface area (TPSA) is 29.1 Å². The van der Waals surface area contributed by atoms with E-state index in [1.54, 1.807) is 0 Å². The van der Waals surface area contributed by atoms with Gasteiger partial charge in [-0.1, -0.05) is 46.3 Å². The van der Waals surface area contributed by atoms with Crippen molar-refractivity contribution in [2.45, 2.75) is 56.9 Å². The van der Waals surface area contributed by atoms with Gasteiger partial charge in [0.15, 0.2) is 0 Å².